The number of benzene rings is 1. The van der Waals surface area contributed by atoms with Gasteiger partial charge in [-0.1, -0.05) is 24.2 Å². The van der Waals surface area contributed by atoms with Crippen LogP contribution in [0.1, 0.15) is 12.5 Å². The number of hydrogen-bond donors (Lipinski definition) is 1. The lowest BCUT2D eigenvalue weighted by atomic mass is 10.1. The Morgan fingerprint density at radius 1 is 1.50 bits per heavy atom. The molecule has 0 aliphatic carbocycles. The summed E-state index contributed by atoms with van der Waals surface area (Å²) in [5.74, 6) is -0.0465. The molecule has 0 aliphatic rings. The van der Waals surface area contributed by atoms with Crippen LogP contribution in [0.15, 0.2) is 27.2 Å². The number of halogens is 2. The first-order valence-electron chi connectivity index (χ1n) is 4.83. The molecule has 2 rings (SSSR count). The number of nitrogens with two attached hydrogens (primary N) is 1. The van der Waals surface area contributed by atoms with Crippen molar-refractivity contribution < 1.29 is 8.91 Å². The van der Waals surface area contributed by atoms with Gasteiger partial charge in [-0.15, -0.1) is 0 Å². The van der Waals surface area contributed by atoms with E-state index >= 15 is 0 Å². The van der Waals surface area contributed by atoms with Gasteiger partial charge in [0.1, 0.15) is 11.5 Å². The van der Waals surface area contributed by atoms with Crippen LogP contribution in [-0.4, -0.2) is 5.16 Å². The van der Waals surface area contributed by atoms with Gasteiger partial charge in [0.05, 0.1) is 4.47 Å². The molecule has 0 atom stereocenters. The molecule has 0 amide bonds. The number of hydrogen-bond acceptors (Lipinski definition) is 3. The van der Waals surface area contributed by atoms with Crippen molar-refractivity contribution in [1.82, 2.24) is 5.16 Å². The monoisotopic (exact) mass is 284 g/mol. The van der Waals surface area contributed by atoms with Gasteiger partial charge in [-0.2, -0.15) is 0 Å². The van der Waals surface area contributed by atoms with E-state index in [1.165, 1.54) is 6.07 Å². The molecule has 3 nitrogen and oxygen atoms in total. The van der Waals surface area contributed by atoms with Crippen LogP contribution in [0.4, 0.5) is 10.3 Å². The van der Waals surface area contributed by atoms with Crippen LogP contribution in [0, 0.1) is 5.82 Å². The second kappa shape index (κ2) is 4.25. The number of aromatic nitrogens is 1. The Kier molecular flexibility index (Phi) is 2.96. The molecule has 0 radical (unpaired) electrons. The Morgan fingerprint density at radius 3 is 2.94 bits per heavy atom. The standard InChI is InChI=1S/C11H10BrFN2O/c1-2-6-10(15-16-11(6)14)7-4-3-5-8(13)9(7)12/h3-5H,2,14H2,1H3. The average Bonchev–Trinajstić information content (AvgIpc) is 2.63. The zero-order chi connectivity index (χ0) is 11.7. The summed E-state index contributed by atoms with van der Waals surface area (Å²) in [5, 5.41) is 3.86. The van der Waals surface area contributed by atoms with Crippen molar-refractivity contribution in [3.05, 3.63) is 34.1 Å². The quantitative estimate of drug-likeness (QED) is 0.920. The van der Waals surface area contributed by atoms with Crippen LogP contribution in [0.3, 0.4) is 0 Å². The van der Waals surface area contributed by atoms with Crippen molar-refractivity contribution in [3.8, 4) is 11.3 Å². The maximum Gasteiger partial charge on any atom is 0.225 e. The van der Waals surface area contributed by atoms with Gasteiger partial charge in [0.2, 0.25) is 5.88 Å². The van der Waals surface area contributed by atoms with Crippen LogP contribution in [0.25, 0.3) is 11.3 Å². The Morgan fingerprint density at radius 2 is 2.25 bits per heavy atom. The SMILES string of the molecule is CCc1c(-c2cccc(F)c2Br)noc1N. The Labute approximate surface area is 101 Å². The minimum absolute atomic E-state index is 0.286. The first kappa shape index (κ1) is 11.1. The normalized spacial score (nSPS) is 10.7. The van der Waals surface area contributed by atoms with E-state index in [2.05, 4.69) is 21.1 Å². The summed E-state index contributed by atoms with van der Waals surface area (Å²) in [7, 11) is 0. The van der Waals surface area contributed by atoms with Crippen LogP contribution in [0.2, 0.25) is 0 Å². The van der Waals surface area contributed by atoms with E-state index in [0.717, 1.165) is 5.56 Å². The van der Waals surface area contributed by atoms with Crippen molar-refractivity contribution in [2.75, 3.05) is 5.73 Å². The van der Waals surface area contributed by atoms with Gasteiger partial charge in [-0.05, 0) is 28.4 Å². The average molecular weight is 285 g/mol. The zero-order valence-corrected chi connectivity index (χ0v) is 10.2. The lowest BCUT2D eigenvalue weighted by Crippen LogP contribution is -1.91. The minimum atomic E-state index is -0.332. The molecule has 1 aromatic heterocycles. The van der Waals surface area contributed by atoms with E-state index in [4.69, 9.17) is 10.3 Å². The summed E-state index contributed by atoms with van der Waals surface area (Å²) < 4.78 is 18.7. The van der Waals surface area contributed by atoms with Gasteiger partial charge < -0.3 is 10.3 Å². The van der Waals surface area contributed by atoms with Crippen LogP contribution < -0.4 is 5.73 Å². The third kappa shape index (κ3) is 1.71. The van der Waals surface area contributed by atoms with Crippen molar-refractivity contribution in [3.63, 3.8) is 0 Å². The molecule has 0 saturated heterocycles. The van der Waals surface area contributed by atoms with Crippen LogP contribution in [-0.2, 0) is 6.42 Å². The van der Waals surface area contributed by atoms with E-state index in [9.17, 15) is 4.39 Å². The predicted molar refractivity (Wildman–Crippen MR) is 63.4 cm³/mol. The molecule has 16 heavy (non-hydrogen) atoms. The molecular weight excluding hydrogens is 275 g/mol. The molecule has 2 N–H and O–H groups in total. The largest absolute Gasteiger partial charge is 0.367 e. The second-order valence-electron chi connectivity index (χ2n) is 3.33. The maximum atomic E-state index is 13.4. The van der Waals surface area contributed by atoms with E-state index < -0.39 is 0 Å². The van der Waals surface area contributed by atoms with Crippen LogP contribution in [0.5, 0.6) is 0 Å². The Bertz CT molecular complexity index is 525. The molecule has 1 heterocycles. The third-order valence-corrected chi connectivity index (χ3v) is 3.18. The van der Waals surface area contributed by atoms with Gasteiger partial charge >= 0.3 is 0 Å². The summed E-state index contributed by atoms with van der Waals surface area (Å²) in [6.45, 7) is 1.94. The summed E-state index contributed by atoms with van der Waals surface area (Å²) in [4.78, 5) is 0. The predicted octanol–water partition coefficient (Wildman–Crippen LogP) is 3.39. The number of anilines is 1. The zero-order valence-electron chi connectivity index (χ0n) is 8.63. The van der Waals surface area contributed by atoms with E-state index in [1.807, 2.05) is 6.92 Å². The molecule has 5 heteroatoms. The molecule has 2 aromatic rings. The van der Waals surface area contributed by atoms with Gasteiger partial charge in [-0.3, -0.25) is 0 Å². The molecule has 0 unspecified atom stereocenters. The van der Waals surface area contributed by atoms with Gasteiger partial charge in [0, 0.05) is 11.1 Å². The highest BCUT2D eigenvalue weighted by atomic mass is 79.9. The first-order valence-corrected chi connectivity index (χ1v) is 5.62. The molecule has 0 saturated carbocycles. The van der Waals surface area contributed by atoms with Crippen molar-refractivity contribution in [1.29, 1.82) is 0 Å². The molecule has 1 aromatic carbocycles. The summed E-state index contributed by atoms with van der Waals surface area (Å²) in [6, 6.07) is 4.77. The van der Waals surface area contributed by atoms with Gasteiger partial charge in [0.25, 0.3) is 0 Å². The van der Waals surface area contributed by atoms with E-state index in [1.54, 1.807) is 12.1 Å². The highest BCUT2D eigenvalue weighted by Gasteiger charge is 2.17. The van der Waals surface area contributed by atoms with Crippen LogP contribution >= 0.6 is 15.9 Å². The fraction of sp³-hybridized carbons (Fsp3) is 0.182. The molecule has 0 fully saturated rings. The Balaban J connectivity index is 2.63. The van der Waals surface area contributed by atoms with E-state index in [-0.39, 0.29) is 11.7 Å². The third-order valence-electron chi connectivity index (χ3n) is 2.38. The molecular formula is C11H10BrFN2O. The van der Waals surface area contributed by atoms with Gasteiger partial charge in [0.15, 0.2) is 0 Å². The molecule has 0 spiro atoms. The summed E-state index contributed by atoms with van der Waals surface area (Å²) in [5.41, 5.74) is 7.68. The highest BCUT2D eigenvalue weighted by molar-refractivity contribution is 9.10. The number of nitrogens with zero attached hydrogens (tertiary/aromatic N) is 1. The molecule has 0 aliphatic heterocycles. The molecule has 84 valence electrons. The minimum Gasteiger partial charge on any atom is -0.367 e. The van der Waals surface area contributed by atoms with Gasteiger partial charge in [-0.25, -0.2) is 4.39 Å². The van der Waals surface area contributed by atoms with Crippen molar-refractivity contribution >= 4 is 21.8 Å². The topological polar surface area (TPSA) is 52.0 Å². The lowest BCUT2D eigenvalue weighted by molar-refractivity contribution is 0.438. The fourth-order valence-corrected chi connectivity index (χ4v) is 2.01. The smallest absolute Gasteiger partial charge is 0.225 e. The molecule has 0 bridgehead atoms. The number of rotatable bonds is 2. The second-order valence-corrected chi connectivity index (χ2v) is 4.12. The highest BCUT2D eigenvalue weighted by Crippen LogP contribution is 2.33. The fourth-order valence-electron chi connectivity index (χ4n) is 1.56. The summed E-state index contributed by atoms with van der Waals surface area (Å²) >= 11 is 3.19. The van der Waals surface area contributed by atoms with Crippen molar-refractivity contribution in [2.45, 2.75) is 13.3 Å². The lowest BCUT2D eigenvalue weighted by Gasteiger charge is -2.03. The summed E-state index contributed by atoms with van der Waals surface area (Å²) in [6.07, 6.45) is 0.688. The van der Waals surface area contributed by atoms with E-state index in [0.29, 0.717) is 22.2 Å². The van der Waals surface area contributed by atoms with Crippen molar-refractivity contribution in [2.24, 2.45) is 0 Å². The maximum absolute atomic E-state index is 13.4. The number of nitrogen functional groups attached to an aromatic ring is 1. The first-order chi connectivity index (χ1) is 7.65. The Hall–Kier alpha value is -1.36.